The molecule has 2 aromatic heterocycles. The van der Waals surface area contributed by atoms with E-state index in [1.165, 1.54) is 11.1 Å². The molecule has 0 bridgehead atoms. The van der Waals surface area contributed by atoms with Crippen molar-refractivity contribution in [1.29, 1.82) is 0 Å². The van der Waals surface area contributed by atoms with Crippen LogP contribution in [-0.4, -0.2) is 32.4 Å². The van der Waals surface area contributed by atoms with Gasteiger partial charge in [0.05, 0.1) is 28.1 Å². The number of aliphatic hydroxyl groups is 2. The molecule has 5 rings (SSSR count). The van der Waals surface area contributed by atoms with Gasteiger partial charge in [-0.1, -0.05) is 38.0 Å². The van der Waals surface area contributed by atoms with Crippen molar-refractivity contribution in [3.63, 3.8) is 0 Å². The third-order valence-electron chi connectivity index (χ3n) is 6.25. The molecular formula is C23H28IrN2O2S. The number of nitrogens with zero attached hydrogens (tertiary/aromatic N) is 2. The molecule has 2 aliphatic carbocycles. The summed E-state index contributed by atoms with van der Waals surface area (Å²) in [6.45, 7) is 2.14. The van der Waals surface area contributed by atoms with Crippen molar-refractivity contribution < 1.29 is 30.3 Å². The number of hydrogen-bond acceptors (Lipinski definition) is 5. The molecule has 2 heterocycles. The molecule has 0 amide bonds. The molecule has 2 N–H and O–H groups in total. The number of benzene rings is 1. The van der Waals surface area contributed by atoms with Crippen molar-refractivity contribution in [2.45, 2.75) is 51.2 Å². The zero-order chi connectivity index (χ0) is 19.5. The fourth-order valence-corrected chi connectivity index (χ4v) is 5.73. The largest absolute Gasteiger partial charge is 0.393 e. The van der Waals surface area contributed by atoms with E-state index in [9.17, 15) is 10.2 Å². The third kappa shape index (κ3) is 4.95. The van der Waals surface area contributed by atoms with Crippen LogP contribution in [0.3, 0.4) is 0 Å². The molecule has 2 saturated carbocycles. The van der Waals surface area contributed by atoms with Crippen LogP contribution in [-0.2, 0) is 20.1 Å². The molecular weight excluding hydrogens is 561 g/mol. The first-order valence-corrected chi connectivity index (χ1v) is 11.1. The number of rotatable bonds is 2. The van der Waals surface area contributed by atoms with E-state index in [1.807, 2.05) is 36.4 Å². The Hall–Kier alpha value is -1.17. The predicted octanol–water partition coefficient (Wildman–Crippen LogP) is 4.91. The van der Waals surface area contributed by atoms with Crippen molar-refractivity contribution >= 4 is 21.6 Å². The molecule has 0 saturated heterocycles. The summed E-state index contributed by atoms with van der Waals surface area (Å²) < 4.78 is 1.21. The van der Waals surface area contributed by atoms with Crippen LogP contribution in [0.2, 0.25) is 0 Å². The molecule has 0 aliphatic heterocycles. The molecule has 157 valence electrons. The van der Waals surface area contributed by atoms with Crippen molar-refractivity contribution in [1.82, 2.24) is 9.97 Å². The van der Waals surface area contributed by atoms with Crippen molar-refractivity contribution in [2.24, 2.45) is 17.8 Å². The molecule has 29 heavy (non-hydrogen) atoms. The van der Waals surface area contributed by atoms with Gasteiger partial charge >= 0.3 is 0 Å². The van der Waals surface area contributed by atoms with Gasteiger partial charge in [0.1, 0.15) is 5.01 Å². The third-order valence-corrected chi connectivity index (χ3v) is 7.31. The zero-order valence-electron chi connectivity index (χ0n) is 16.6. The first-order valence-electron chi connectivity index (χ1n) is 10.3. The van der Waals surface area contributed by atoms with Crippen LogP contribution in [0.15, 0.2) is 48.7 Å². The number of aromatic nitrogens is 2. The number of aliphatic hydroxyl groups excluding tert-OH is 2. The van der Waals surface area contributed by atoms with Gasteiger partial charge in [0, 0.05) is 32.2 Å². The predicted molar refractivity (Wildman–Crippen MR) is 114 cm³/mol. The second-order valence-electron chi connectivity index (χ2n) is 7.93. The number of para-hydroxylation sites is 1. The van der Waals surface area contributed by atoms with E-state index < -0.39 is 0 Å². The van der Waals surface area contributed by atoms with Crippen LogP contribution in [0.25, 0.3) is 20.9 Å². The summed E-state index contributed by atoms with van der Waals surface area (Å²) in [6.07, 6.45) is 6.78. The van der Waals surface area contributed by atoms with Gasteiger partial charge in [-0.05, 0) is 55.4 Å². The van der Waals surface area contributed by atoms with E-state index in [0.29, 0.717) is 11.8 Å². The number of hydrogen-bond donors (Lipinski definition) is 2. The second kappa shape index (κ2) is 10.2. The molecule has 1 radical (unpaired) electrons. The summed E-state index contributed by atoms with van der Waals surface area (Å²) in [5.74, 6) is 1.24. The summed E-state index contributed by atoms with van der Waals surface area (Å²) in [4.78, 5) is 8.83. The van der Waals surface area contributed by atoms with Gasteiger partial charge < -0.3 is 10.2 Å². The summed E-state index contributed by atoms with van der Waals surface area (Å²) in [7, 11) is 0. The first kappa shape index (κ1) is 22.5. The Morgan fingerprint density at radius 2 is 1.86 bits per heavy atom. The van der Waals surface area contributed by atoms with Crippen LogP contribution in [0.5, 0.6) is 0 Å². The minimum absolute atomic E-state index is 0. The van der Waals surface area contributed by atoms with E-state index in [1.54, 1.807) is 17.5 Å². The van der Waals surface area contributed by atoms with E-state index in [-0.39, 0.29) is 38.2 Å². The molecule has 4 nitrogen and oxygen atoms in total. The number of fused-ring (bicyclic) bond motifs is 2. The maximum Gasteiger partial charge on any atom is 0.143 e. The Bertz CT molecular complexity index is 869. The standard InChI is InChI=1S/C12H8N2S.C11H20O2.Ir/c1-2-7-11-9(5-1)14-12(15-11)10-6-3-4-8-13-10;1-2-7-6-8-4-3-5-9(12)10(8)11(7)13;/h1-8H;7-13H,2-6H2,1H3;. The summed E-state index contributed by atoms with van der Waals surface area (Å²) in [5, 5.41) is 20.8. The minimum atomic E-state index is -0.231. The summed E-state index contributed by atoms with van der Waals surface area (Å²) in [6, 6.07) is 14.0. The second-order valence-corrected chi connectivity index (χ2v) is 8.96. The summed E-state index contributed by atoms with van der Waals surface area (Å²) >= 11 is 1.68. The Labute approximate surface area is 189 Å². The van der Waals surface area contributed by atoms with Gasteiger partial charge in [-0.2, -0.15) is 0 Å². The number of thiazole rings is 1. The van der Waals surface area contributed by atoms with E-state index in [4.69, 9.17) is 0 Å². The maximum atomic E-state index is 9.99. The van der Waals surface area contributed by atoms with Gasteiger partial charge in [-0.25, -0.2) is 4.98 Å². The molecule has 2 aliphatic rings. The first-order chi connectivity index (χ1) is 13.7. The minimum Gasteiger partial charge on any atom is -0.393 e. The van der Waals surface area contributed by atoms with E-state index in [2.05, 4.69) is 23.0 Å². The molecule has 3 aromatic rings. The van der Waals surface area contributed by atoms with Crippen LogP contribution >= 0.6 is 11.3 Å². The molecule has 6 heteroatoms. The Morgan fingerprint density at radius 1 is 1.07 bits per heavy atom. The number of pyridine rings is 1. The van der Waals surface area contributed by atoms with Gasteiger partial charge in [0.25, 0.3) is 0 Å². The van der Waals surface area contributed by atoms with Crippen molar-refractivity contribution in [3.05, 3.63) is 48.7 Å². The molecule has 0 spiro atoms. The maximum absolute atomic E-state index is 9.99. The van der Waals surface area contributed by atoms with Crippen LogP contribution in [0.1, 0.15) is 39.0 Å². The van der Waals surface area contributed by atoms with E-state index in [0.717, 1.165) is 41.9 Å². The topological polar surface area (TPSA) is 66.2 Å². The molecule has 5 unspecified atom stereocenters. The normalized spacial score (nSPS) is 28.2. The van der Waals surface area contributed by atoms with Gasteiger partial charge in [0.15, 0.2) is 0 Å². The molecule has 1 aromatic carbocycles. The SMILES string of the molecule is CCC1CC2CCCC(O)C2C1O.[Ir].c1ccc(-c2nc3ccccc3s2)nc1. The fourth-order valence-electron chi connectivity index (χ4n) is 4.79. The smallest absolute Gasteiger partial charge is 0.143 e. The van der Waals surface area contributed by atoms with Crippen LogP contribution in [0.4, 0.5) is 0 Å². The fraction of sp³-hybridized carbons (Fsp3) is 0.478. The monoisotopic (exact) mass is 589 g/mol. The van der Waals surface area contributed by atoms with Gasteiger partial charge in [-0.3, -0.25) is 4.98 Å². The average molecular weight is 589 g/mol. The van der Waals surface area contributed by atoms with Crippen LogP contribution < -0.4 is 0 Å². The zero-order valence-corrected chi connectivity index (χ0v) is 19.8. The average Bonchev–Trinajstić information content (AvgIpc) is 3.31. The van der Waals surface area contributed by atoms with Crippen molar-refractivity contribution in [2.75, 3.05) is 0 Å². The van der Waals surface area contributed by atoms with Gasteiger partial charge in [-0.15, -0.1) is 11.3 Å². The van der Waals surface area contributed by atoms with Crippen molar-refractivity contribution in [3.8, 4) is 10.7 Å². The molecule has 2 fully saturated rings. The summed E-state index contributed by atoms with van der Waals surface area (Å²) in [5.41, 5.74) is 1.99. The quantitative estimate of drug-likeness (QED) is 0.447. The Kier molecular flexibility index (Phi) is 7.94. The van der Waals surface area contributed by atoms with Gasteiger partial charge in [0.2, 0.25) is 0 Å². The van der Waals surface area contributed by atoms with Crippen LogP contribution in [0, 0.1) is 17.8 Å². The Morgan fingerprint density at radius 3 is 2.55 bits per heavy atom. The Balaban J connectivity index is 0.000000162. The molecule has 5 atom stereocenters. The van der Waals surface area contributed by atoms with E-state index >= 15 is 0 Å².